The van der Waals surface area contributed by atoms with Crippen LogP contribution in [0.25, 0.3) is 0 Å². The Morgan fingerprint density at radius 1 is 1.29 bits per heavy atom. The molecule has 1 aromatic carbocycles. The number of rotatable bonds is 5. The molecule has 6 atom stereocenters. The van der Waals surface area contributed by atoms with E-state index in [1.165, 1.54) is 11.1 Å². The summed E-state index contributed by atoms with van der Waals surface area (Å²) in [5, 5.41) is 22.1. The van der Waals surface area contributed by atoms with Crippen molar-refractivity contribution in [3.63, 3.8) is 0 Å². The molecule has 0 amide bonds. The van der Waals surface area contributed by atoms with Crippen LogP contribution in [0.2, 0.25) is 0 Å². The van der Waals surface area contributed by atoms with Crippen LogP contribution >= 0.6 is 0 Å². The van der Waals surface area contributed by atoms with E-state index in [-0.39, 0.29) is 35.3 Å². The fourth-order valence-electron chi connectivity index (χ4n) is 8.91. The zero-order valence-electron chi connectivity index (χ0n) is 18.8. The van der Waals surface area contributed by atoms with Gasteiger partial charge in [-0.1, -0.05) is 6.07 Å². The highest BCUT2D eigenvalue weighted by molar-refractivity contribution is 5.63. The zero-order chi connectivity index (χ0) is 21.8. The summed E-state index contributed by atoms with van der Waals surface area (Å²) >= 11 is 0. The molecule has 6 heteroatoms. The number of hydrogen-bond donors (Lipinski definition) is 2. The van der Waals surface area contributed by atoms with Gasteiger partial charge in [-0.2, -0.15) is 0 Å². The van der Waals surface area contributed by atoms with Gasteiger partial charge < -0.3 is 19.7 Å². The van der Waals surface area contributed by atoms with Crippen molar-refractivity contribution in [2.45, 2.75) is 81.1 Å². The molecule has 2 N–H and O–H groups in total. The summed E-state index contributed by atoms with van der Waals surface area (Å²) in [4.78, 5) is 2.52. The molecule has 0 aromatic heterocycles. The van der Waals surface area contributed by atoms with Gasteiger partial charge in [-0.3, -0.25) is 9.29 Å². The van der Waals surface area contributed by atoms with Crippen LogP contribution in [-0.2, 0) is 16.6 Å². The smallest absolute Gasteiger partial charge is 0.165 e. The Labute approximate surface area is 183 Å². The van der Waals surface area contributed by atoms with Gasteiger partial charge in [0, 0.05) is 42.0 Å². The van der Waals surface area contributed by atoms with Gasteiger partial charge in [0.2, 0.25) is 0 Å². The third kappa shape index (κ3) is 2.13. The van der Waals surface area contributed by atoms with E-state index in [1.54, 1.807) is 13.2 Å². The largest absolute Gasteiger partial charge is 0.504 e. The number of benzene rings is 1. The number of nitrogens with zero attached hydrogens (tertiary/aromatic N) is 1. The molecular formula is C25H34FNO4. The average molecular weight is 432 g/mol. The number of aliphatic hydroxyl groups is 1. The molecule has 31 heavy (non-hydrogen) atoms. The molecular weight excluding hydrogens is 397 g/mol. The molecule has 4 aliphatic carbocycles. The lowest BCUT2D eigenvalue weighted by atomic mass is 9.34. The average Bonchev–Trinajstić information content (AvgIpc) is 3.11. The SMILES string of the molecule is COC12CCC3(CC1C(C)(C)O)C1Cc4ccc(O)c5c4C3(CCN1CCCF)C2O5. The second kappa shape index (κ2) is 6.15. The third-order valence-electron chi connectivity index (χ3n) is 9.90. The van der Waals surface area contributed by atoms with Crippen LogP contribution in [0.15, 0.2) is 12.1 Å². The van der Waals surface area contributed by atoms with Crippen LogP contribution in [0.3, 0.4) is 0 Å². The second-order valence-electron chi connectivity index (χ2n) is 11.2. The summed E-state index contributed by atoms with van der Waals surface area (Å²) in [5.41, 5.74) is 0.670. The predicted octanol–water partition coefficient (Wildman–Crippen LogP) is 3.34. The van der Waals surface area contributed by atoms with Crippen molar-refractivity contribution in [3.8, 4) is 11.5 Å². The van der Waals surface area contributed by atoms with Crippen LogP contribution in [-0.4, -0.2) is 65.3 Å². The van der Waals surface area contributed by atoms with Gasteiger partial charge in [-0.15, -0.1) is 0 Å². The monoisotopic (exact) mass is 431 g/mol. The Morgan fingerprint density at radius 2 is 2.10 bits per heavy atom. The number of halogens is 1. The van der Waals surface area contributed by atoms with Crippen LogP contribution < -0.4 is 4.74 Å². The molecule has 1 saturated heterocycles. The molecule has 6 unspecified atom stereocenters. The summed E-state index contributed by atoms with van der Waals surface area (Å²) < 4.78 is 26.2. The quantitative estimate of drug-likeness (QED) is 0.749. The lowest BCUT2D eigenvalue weighted by molar-refractivity contribution is -0.300. The maximum absolute atomic E-state index is 13.1. The molecule has 6 aliphatic rings. The van der Waals surface area contributed by atoms with Crippen LogP contribution in [0, 0.1) is 11.3 Å². The van der Waals surface area contributed by atoms with Gasteiger partial charge in [0.1, 0.15) is 11.7 Å². The van der Waals surface area contributed by atoms with E-state index in [1.807, 2.05) is 13.8 Å². The van der Waals surface area contributed by atoms with Gasteiger partial charge in [0.25, 0.3) is 0 Å². The number of methoxy groups -OCH3 is 1. The van der Waals surface area contributed by atoms with Crippen molar-refractivity contribution in [1.82, 2.24) is 4.90 Å². The maximum Gasteiger partial charge on any atom is 0.165 e. The lowest BCUT2D eigenvalue weighted by Gasteiger charge is -2.74. The third-order valence-corrected chi connectivity index (χ3v) is 9.90. The molecule has 2 aliphatic heterocycles. The first-order chi connectivity index (χ1) is 14.7. The highest BCUT2D eigenvalue weighted by atomic mass is 19.1. The number of likely N-dealkylation sites (tertiary alicyclic amines) is 1. The van der Waals surface area contributed by atoms with E-state index in [0.29, 0.717) is 18.2 Å². The number of alkyl halides is 1. The standard InChI is InChI=1S/C25H34FNO4/c1-22(2,29)17-14-23-7-8-25(17,30-3)21-24(23)9-12-27(11-4-10-26)18(23)13-15-5-6-16(28)20(31-21)19(15)24/h5-6,17-18,21,28-29H,4,7-14H2,1-3H3. The molecule has 4 fully saturated rings. The Hall–Kier alpha value is -1.37. The van der Waals surface area contributed by atoms with E-state index >= 15 is 0 Å². The number of aromatic hydroxyl groups is 1. The van der Waals surface area contributed by atoms with E-state index in [2.05, 4.69) is 11.0 Å². The van der Waals surface area contributed by atoms with Crippen molar-refractivity contribution in [2.75, 3.05) is 26.9 Å². The first-order valence-corrected chi connectivity index (χ1v) is 11.8. The molecule has 0 radical (unpaired) electrons. The van der Waals surface area contributed by atoms with Crippen LogP contribution in [0.4, 0.5) is 4.39 Å². The first-order valence-electron chi connectivity index (χ1n) is 11.8. The van der Waals surface area contributed by atoms with Crippen molar-refractivity contribution < 1.29 is 24.1 Å². The Morgan fingerprint density at radius 3 is 2.81 bits per heavy atom. The number of ether oxygens (including phenoxy) is 2. The van der Waals surface area contributed by atoms with Gasteiger partial charge >= 0.3 is 0 Å². The Kier molecular flexibility index (Phi) is 4.02. The zero-order valence-corrected chi connectivity index (χ0v) is 18.8. The molecule has 3 saturated carbocycles. The minimum Gasteiger partial charge on any atom is -0.504 e. The molecule has 5 nitrogen and oxygen atoms in total. The van der Waals surface area contributed by atoms with E-state index in [0.717, 1.165) is 45.2 Å². The summed E-state index contributed by atoms with van der Waals surface area (Å²) in [7, 11) is 1.76. The molecule has 4 bridgehead atoms. The van der Waals surface area contributed by atoms with Crippen molar-refractivity contribution in [2.24, 2.45) is 11.3 Å². The minimum atomic E-state index is -0.913. The van der Waals surface area contributed by atoms with Crippen LogP contribution in [0.1, 0.15) is 57.1 Å². The highest BCUT2D eigenvalue weighted by Crippen LogP contribution is 2.77. The fourth-order valence-corrected chi connectivity index (χ4v) is 8.91. The van der Waals surface area contributed by atoms with Crippen molar-refractivity contribution in [3.05, 3.63) is 23.3 Å². The normalized spacial score (nSPS) is 42.4. The summed E-state index contributed by atoms with van der Waals surface area (Å²) in [6.45, 7) is 5.18. The van der Waals surface area contributed by atoms with E-state index < -0.39 is 11.2 Å². The Bertz CT molecular complexity index is 931. The van der Waals surface area contributed by atoms with Crippen LogP contribution in [0.5, 0.6) is 11.5 Å². The Balaban J connectivity index is 1.61. The lowest BCUT2D eigenvalue weighted by Crippen LogP contribution is -2.82. The van der Waals surface area contributed by atoms with E-state index in [9.17, 15) is 14.6 Å². The number of piperidine rings is 1. The van der Waals surface area contributed by atoms with Gasteiger partial charge in [0.15, 0.2) is 11.5 Å². The predicted molar refractivity (Wildman–Crippen MR) is 114 cm³/mol. The number of phenols is 1. The van der Waals surface area contributed by atoms with Crippen molar-refractivity contribution >= 4 is 0 Å². The van der Waals surface area contributed by atoms with Gasteiger partial charge in [0.05, 0.1) is 12.3 Å². The van der Waals surface area contributed by atoms with Gasteiger partial charge in [-0.25, -0.2) is 0 Å². The van der Waals surface area contributed by atoms with E-state index in [4.69, 9.17) is 9.47 Å². The summed E-state index contributed by atoms with van der Waals surface area (Å²) in [6.07, 6.45) is 4.87. The number of hydrogen-bond acceptors (Lipinski definition) is 5. The molecule has 2 spiro atoms. The molecule has 7 rings (SSSR count). The maximum atomic E-state index is 13.1. The van der Waals surface area contributed by atoms with Gasteiger partial charge in [-0.05, 0) is 70.5 Å². The molecule has 2 heterocycles. The second-order valence-corrected chi connectivity index (χ2v) is 11.2. The topological polar surface area (TPSA) is 62.2 Å². The fraction of sp³-hybridized carbons (Fsp3) is 0.760. The number of fused-ring (bicyclic) bond motifs is 2. The molecule has 170 valence electrons. The molecule has 1 aromatic rings. The number of phenolic OH excluding ortho intramolecular Hbond substituents is 1. The highest BCUT2D eigenvalue weighted by Gasteiger charge is 2.81. The minimum absolute atomic E-state index is 0.0663. The van der Waals surface area contributed by atoms with Crippen molar-refractivity contribution in [1.29, 1.82) is 0 Å². The summed E-state index contributed by atoms with van der Waals surface area (Å²) in [6, 6.07) is 4.12. The summed E-state index contributed by atoms with van der Waals surface area (Å²) in [5.74, 6) is 0.780. The first kappa shape index (κ1) is 20.3.